The number of halogens is 1. The lowest BCUT2D eigenvalue weighted by atomic mass is 9.63. The van der Waals surface area contributed by atoms with Crippen molar-refractivity contribution in [2.45, 2.75) is 72.4 Å². The van der Waals surface area contributed by atoms with Crippen LogP contribution in [0.4, 0.5) is 0 Å². The number of carboxylic acids is 1. The SMILES string of the molecule is COc1cc(C2C3=C(CC(C)(C)CC3=O)N(Cc3ccccc3)C3=C2C(=O)CC(C)(C)C3)cc(Br)c1OCc1ccc(C(=O)O)cc1. The van der Waals surface area contributed by atoms with Gasteiger partial charge in [0.05, 0.1) is 17.1 Å². The molecule has 3 aromatic carbocycles. The molecule has 0 bridgehead atoms. The molecule has 0 saturated heterocycles. The van der Waals surface area contributed by atoms with Crippen molar-refractivity contribution in [2.75, 3.05) is 7.11 Å². The minimum absolute atomic E-state index is 0.0729. The largest absolute Gasteiger partial charge is 0.493 e. The molecule has 47 heavy (non-hydrogen) atoms. The summed E-state index contributed by atoms with van der Waals surface area (Å²) < 4.78 is 12.7. The lowest BCUT2D eigenvalue weighted by molar-refractivity contribution is -0.119. The van der Waals surface area contributed by atoms with E-state index < -0.39 is 11.9 Å². The van der Waals surface area contributed by atoms with Crippen molar-refractivity contribution in [3.63, 3.8) is 0 Å². The van der Waals surface area contributed by atoms with Gasteiger partial charge in [-0.3, -0.25) is 9.59 Å². The maximum atomic E-state index is 14.2. The van der Waals surface area contributed by atoms with Crippen molar-refractivity contribution in [2.24, 2.45) is 10.8 Å². The quantitative estimate of drug-likeness (QED) is 0.252. The molecule has 3 aromatic rings. The van der Waals surface area contributed by atoms with E-state index in [0.717, 1.165) is 40.9 Å². The van der Waals surface area contributed by atoms with Crippen molar-refractivity contribution in [3.05, 3.63) is 116 Å². The fourth-order valence-electron chi connectivity index (χ4n) is 7.28. The van der Waals surface area contributed by atoms with Crippen LogP contribution in [-0.2, 0) is 22.7 Å². The normalized spacial score (nSPS) is 19.0. The molecule has 6 rings (SSSR count). The van der Waals surface area contributed by atoms with Gasteiger partial charge in [0, 0.05) is 47.8 Å². The van der Waals surface area contributed by atoms with Crippen LogP contribution in [0, 0.1) is 10.8 Å². The summed E-state index contributed by atoms with van der Waals surface area (Å²) in [6.45, 7) is 9.36. The Balaban J connectivity index is 1.47. The number of hydrogen-bond donors (Lipinski definition) is 1. The van der Waals surface area contributed by atoms with Gasteiger partial charge in [-0.2, -0.15) is 0 Å². The Bertz CT molecular complexity index is 1770. The molecule has 1 heterocycles. The van der Waals surface area contributed by atoms with Gasteiger partial charge < -0.3 is 19.5 Å². The van der Waals surface area contributed by atoms with Crippen molar-refractivity contribution >= 4 is 33.5 Å². The molecule has 7 nitrogen and oxygen atoms in total. The predicted octanol–water partition coefficient (Wildman–Crippen LogP) is 8.62. The first-order chi connectivity index (χ1) is 22.3. The molecule has 0 unspecified atom stereocenters. The second-order valence-corrected chi connectivity index (χ2v) is 15.3. The number of hydrogen-bond acceptors (Lipinski definition) is 6. The van der Waals surface area contributed by atoms with Gasteiger partial charge in [0.1, 0.15) is 6.61 Å². The lowest BCUT2D eigenvalue weighted by Gasteiger charge is -2.49. The molecule has 3 aliphatic rings. The Morgan fingerprint density at radius 2 is 1.43 bits per heavy atom. The third kappa shape index (κ3) is 6.53. The fourth-order valence-corrected chi connectivity index (χ4v) is 7.86. The van der Waals surface area contributed by atoms with Crippen LogP contribution in [0.25, 0.3) is 0 Å². The van der Waals surface area contributed by atoms with Crippen molar-refractivity contribution in [1.82, 2.24) is 4.90 Å². The van der Waals surface area contributed by atoms with Crippen LogP contribution >= 0.6 is 15.9 Å². The van der Waals surface area contributed by atoms with Crippen LogP contribution in [0.2, 0.25) is 0 Å². The summed E-state index contributed by atoms with van der Waals surface area (Å²) in [5.74, 6) is -0.412. The second kappa shape index (κ2) is 12.5. The molecule has 244 valence electrons. The Hall–Kier alpha value is -4.17. The van der Waals surface area contributed by atoms with Crippen molar-refractivity contribution in [3.8, 4) is 11.5 Å². The Morgan fingerprint density at radius 1 is 0.851 bits per heavy atom. The Morgan fingerprint density at radius 3 is 1.96 bits per heavy atom. The summed E-state index contributed by atoms with van der Waals surface area (Å²) in [4.78, 5) is 42.0. The number of carbonyl (C=O) groups excluding carboxylic acids is 2. The summed E-state index contributed by atoms with van der Waals surface area (Å²) in [5.41, 5.74) is 5.90. The summed E-state index contributed by atoms with van der Waals surface area (Å²) in [6, 6.07) is 20.6. The molecule has 0 saturated carbocycles. The van der Waals surface area contributed by atoms with E-state index in [1.54, 1.807) is 31.4 Å². The first-order valence-electron chi connectivity index (χ1n) is 15.9. The molecule has 1 aliphatic heterocycles. The summed E-state index contributed by atoms with van der Waals surface area (Å²) >= 11 is 3.71. The third-order valence-electron chi connectivity index (χ3n) is 9.37. The van der Waals surface area contributed by atoms with Crippen LogP contribution in [-0.4, -0.2) is 34.7 Å². The fraction of sp³-hybridized carbons (Fsp3) is 0.359. The number of carboxylic acid groups (broad SMARTS) is 1. The summed E-state index contributed by atoms with van der Waals surface area (Å²) in [6.07, 6.45) is 2.26. The van der Waals surface area contributed by atoms with Gasteiger partial charge in [-0.1, -0.05) is 70.2 Å². The number of aromatic carboxylic acids is 1. The zero-order valence-electron chi connectivity index (χ0n) is 27.5. The molecule has 1 N–H and O–H groups in total. The molecule has 0 aromatic heterocycles. The number of methoxy groups -OCH3 is 1. The van der Waals surface area contributed by atoms with Gasteiger partial charge in [-0.25, -0.2) is 4.79 Å². The van der Waals surface area contributed by atoms with E-state index in [4.69, 9.17) is 9.47 Å². The topological polar surface area (TPSA) is 93.1 Å². The monoisotopic (exact) mass is 697 g/mol. The van der Waals surface area contributed by atoms with E-state index in [-0.39, 0.29) is 34.6 Å². The van der Waals surface area contributed by atoms with Crippen molar-refractivity contribution < 1.29 is 29.0 Å². The number of Topliss-reactive ketones (excluding diaryl/α,β-unsaturated/α-hetero) is 2. The maximum absolute atomic E-state index is 14.2. The van der Waals surface area contributed by atoms with Gasteiger partial charge in [0.15, 0.2) is 23.1 Å². The van der Waals surface area contributed by atoms with Gasteiger partial charge >= 0.3 is 5.97 Å². The molecular formula is C39H40BrNO6. The highest BCUT2D eigenvalue weighted by Gasteiger charge is 2.49. The van der Waals surface area contributed by atoms with Crippen LogP contribution in [0.5, 0.6) is 11.5 Å². The number of rotatable bonds is 8. The average Bonchev–Trinajstić information content (AvgIpc) is 3.00. The minimum atomic E-state index is -0.986. The third-order valence-corrected chi connectivity index (χ3v) is 9.96. The zero-order chi connectivity index (χ0) is 33.7. The number of ketones is 2. The highest BCUT2D eigenvalue weighted by molar-refractivity contribution is 9.10. The smallest absolute Gasteiger partial charge is 0.335 e. The van der Waals surface area contributed by atoms with E-state index >= 15 is 0 Å². The molecule has 8 heteroatoms. The number of allylic oxidation sites excluding steroid dienone is 4. The molecule has 0 amide bonds. The summed E-state index contributed by atoms with van der Waals surface area (Å²) in [7, 11) is 1.57. The molecular weight excluding hydrogens is 658 g/mol. The van der Waals surface area contributed by atoms with E-state index in [1.165, 1.54) is 0 Å². The molecule has 2 aliphatic carbocycles. The summed E-state index contributed by atoms with van der Waals surface area (Å²) in [5, 5.41) is 9.23. The van der Waals surface area contributed by atoms with Crippen molar-refractivity contribution in [1.29, 1.82) is 0 Å². The number of benzene rings is 3. The average molecular weight is 699 g/mol. The number of carbonyl (C=O) groups is 3. The lowest BCUT2D eigenvalue weighted by Crippen LogP contribution is -2.44. The molecule has 0 radical (unpaired) electrons. The van der Waals surface area contributed by atoms with E-state index in [1.807, 2.05) is 30.3 Å². The first-order valence-corrected chi connectivity index (χ1v) is 16.7. The maximum Gasteiger partial charge on any atom is 0.335 e. The number of nitrogens with zero attached hydrogens (tertiary/aromatic N) is 1. The first kappa shape index (κ1) is 32.8. The van der Waals surface area contributed by atoms with Crippen LogP contribution < -0.4 is 9.47 Å². The van der Waals surface area contributed by atoms with Gasteiger partial charge in [-0.05, 0) is 80.6 Å². The molecule has 0 spiro atoms. The van der Waals surface area contributed by atoms with Gasteiger partial charge in [0.25, 0.3) is 0 Å². The molecule has 0 atom stereocenters. The minimum Gasteiger partial charge on any atom is -0.493 e. The second-order valence-electron chi connectivity index (χ2n) is 14.4. The van der Waals surface area contributed by atoms with Crippen LogP contribution in [0.3, 0.4) is 0 Å². The van der Waals surface area contributed by atoms with Crippen LogP contribution in [0.15, 0.2) is 93.7 Å². The Kier molecular flexibility index (Phi) is 8.68. The van der Waals surface area contributed by atoms with E-state index in [9.17, 15) is 19.5 Å². The Labute approximate surface area is 284 Å². The highest BCUT2D eigenvalue weighted by Crippen LogP contribution is 2.55. The molecule has 0 fully saturated rings. The van der Waals surface area contributed by atoms with Gasteiger partial charge in [-0.15, -0.1) is 0 Å². The van der Waals surface area contributed by atoms with E-state index in [0.29, 0.717) is 46.5 Å². The number of ether oxygens (including phenoxy) is 2. The zero-order valence-corrected chi connectivity index (χ0v) is 29.1. The highest BCUT2D eigenvalue weighted by atomic mass is 79.9. The van der Waals surface area contributed by atoms with Crippen LogP contribution in [0.1, 0.15) is 86.3 Å². The predicted molar refractivity (Wildman–Crippen MR) is 183 cm³/mol. The standard InChI is InChI=1S/C39H40BrNO6/c1-38(2)17-28-34(30(42)19-38)33(35-29(18-39(3,4)20-31(35)43)41(28)21-23-9-7-6-8-10-23)26-15-27(40)36(32(16-26)46-5)47-22-24-11-13-25(14-12-24)37(44)45/h6-16,33H,17-22H2,1-5H3,(H,44,45). The van der Waals surface area contributed by atoms with Gasteiger partial charge in [0.2, 0.25) is 0 Å². The van der Waals surface area contributed by atoms with E-state index in [2.05, 4.69) is 60.7 Å².